The van der Waals surface area contributed by atoms with Gasteiger partial charge in [0.25, 0.3) is 0 Å². The number of fused-ring (bicyclic) bond motifs is 2. The van der Waals surface area contributed by atoms with E-state index in [4.69, 9.17) is 11.6 Å². The van der Waals surface area contributed by atoms with Gasteiger partial charge in [-0.25, -0.2) is 0 Å². The summed E-state index contributed by atoms with van der Waals surface area (Å²) in [5.74, 6) is 0.699. The first-order chi connectivity index (χ1) is 7.33. The van der Waals surface area contributed by atoms with Crippen LogP contribution in [-0.4, -0.2) is 20.4 Å². The van der Waals surface area contributed by atoms with Crippen molar-refractivity contribution in [2.75, 3.05) is 5.32 Å². The van der Waals surface area contributed by atoms with E-state index >= 15 is 0 Å². The molecule has 0 saturated heterocycles. The number of halogens is 1. The fourth-order valence-corrected chi connectivity index (χ4v) is 2.37. The Morgan fingerprint density at radius 3 is 2.93 bits per heavy atom. The average molecular weight is 238 g/mol. The minimum atomic E-state index is 0.383. The minimum absolute atomic E-state index is 0.383. The van der Waals surface area contributed by atoms with Gasteiger partial charge in [0.2, 0.25) is 0 Å². The number of anilines is 2. The van der Waals surface area contributed by atoms with Crippen LogP contribution in [0.1, 0.15) is 0 Å². The number of nitrogens with zero attached hydrogens (tertiary/aromatic N) is 4. The van der Waals surface area contributed by atoms with Crippen molar-refractivity contribution in [1.29, 1.82) is 0 Å². The Morgan fingerprint density at radius 2 is 2.00 bits per heavy atom. The third kappa shape index (κ3) is 1.51. The summed E-state index contributed by atoms with van der Waals surface area (Å²) in [6.07, 6.45) is 3.35. The molecule has 0 bridgehead atoms. The van der Waals surface area contributed by atoms with Crippen LogP contribution in [-0.2, 0) is 0 Å². The Bertz CT molecular complexity index is 532. The maximum atomic E-state index is 5.76. The summed E-state index contributed by atoms with van der Waals surface area (Å²) in [6.45, 7) is 0. The fraction of sp³-hybridized carbons (Fsp3) is 0. The average Bonchev–Trinajstić information content (AvgIpc) is 2.26. The van der Waals surface area contributed by atoms with E-state index in [0.717, 1.165) is 15.5 Å². The van der Waals surface area contributed by atoms with Crippen LogP contribution in [0, 0.1) is 0 Å². The Balaban J connectivity index is 2.11. The maximum Gasteiger partial charge on any atom is 0.167 e. The predicted molar refractivity (Wildman–Crippen MR) is 56.5 cm³/mol. The standard InChI is InChI=1S/C8H4ClN5S/c9-7-1-5-8(14-13-7)12-4-2-10-11-3-6(4)15-5/h1-3H,(H,12,14). The first-order valence-corrected chi connectivity index (χ1v) is 5.31. The smallest absolute Gasteiger partial charge is 0.167 e. The van der Waals surface area contributed by atoms with Crippen LogP contribution in [0.25, 0.3) is 0 Å². The van der Waals surface area contributed by atoms with Gasteiger partial charge in [-0.15, -0.1) is 10.2 Å². The van der Waals surface area contributed by atoms with E-state index in [0.29, 0.717) is 11.0 Å². The molecule has 0 spiro atoms. The molecule has 0 aromatic carbocycles. The third-order valence-electron chi connectivity index (χ3n) is 1.90. The first kappa shape index (κ1) is 8.87. The van der Waals surface area contributed by atoms with Crippen molar-refractivity contribution in [3.8, 4) is 0 Å². The van der Waals surface area contributed by atoms with Crippen molar-refractivity contribution in [3.05, 3.63) is 23.6 Å². The van der Waals surface area contributed by atoms with E-state index < -0.39 is 0 Å². The molecule has 74 valence electrons. The molecule has 0 saturated carbocycles. The molecule has 2 aromatic heterocycles. The van der Waals surface area contributed by atoms with Crippen LogP contribution in [0.15, 0.2) is 28.3 Å². The zero-order chi connectivity index (χ0) is 10.3. The molecule has 1 aliphatic heterocycles. The number of rotatable bonds is 0. The minimum Gasteiger partial charge on any atom is -0.335 e. The summed E-state index contributed by atoms with van der Waals surface area (Å²) in [7, 11) is 0. The number of hydrogen-bond donors (Lipinski definition) is 1. The summed E-state index contributed by atoms with van der Waals surface area (Å²) in [4.78, 5) is 1.94. The van der Waals surface area contributed by atoms with E-state index in [2.05, 4.69) is 25.7 Å². The molecule has 0 aliphatic carbocycles. The lowest BCUT2D eigenvalue weighted by atomic mass is 10.4. The van der Waals surface area contributed by atoms with E-state index in [-0.39, 0.29) is 0 Å². The maximum absolute atomic E-state index is 5.76. The van der Waals surface area contributed by atoms with Gasteiger partial charge < -0.3 is 5.32 Å². The highest BCUT2D eigenvalue weighted by molar-refractivity contribution is 7.99. The number of aromatic nitrogens is 4. The van der Waals surface area contributed by atoms with E-state index in [9.17, 15) is 0 Å². The summed E-state index contributed by atoms with van der Waals surface area (Å²) < 4.78 is 0. The summed E-state index contributed by atoms with van der Waals surface area (Å²) in [5, 5.41) is 18.8. The highest BCUT2D eigenvalue weighted by Gasteiger charge is 2.17. The molecule has 3 heterocycles. The lowest BCUT2D eigenvalue weighted by Crippen LogP contribution is -2.04. The highest BCUT2D eigenvalue weighted by atomic mass is 35.5. The molecular weight excluding hydrogens is 234 g/mol. The van der Waals surface area contributed by atoms with Crippen LogP contribution in [0.2, 0.25) is 5.15 Å². The molecule has 2 aromatic rings. The number of hydrogen-bond acceptors (Lipinski definition) is 6. The molecular formula is C8H4ClN5S. The first-order valence-electron chi connectivity index (χ1n) is 4.12. The van der Waals surface area contributed by atoms with Gasteiger partial charge in [-0.1, -0.05) is 23.4 Å². The molecule has 3 rings (SSSR count). The predicted octanol–water partition coefficient (Wildman–Crippen LogP) is 2.13. The topological polar surface area (TPSA) is 63.6 Å². The van der Waals surface area contributed by atoms with Crippen molar-refractivity contribution in [3.63, 3.8) is 0 Å². The van der Waals surface area contributed by atoms with Crippen LogP contribution in [0.5, 0.6) is 0 Å². The second kappa shape index (κ2) is 3.32. The largest absolute Gasteiger partial charge is 0.335 e. The quantitative estimate of drug-likeness (QED) is 0.646. The van der Waals surface area contributed by atoms with Crippen LogP contribution in [0.4, 0.5) is 11.5 Å². The Morgan fingerprint density at radius 1 is 1.13 bits per heavy atom. The van der Waals surface area contributed by atoms with Crippen molar-refractivity contribution in [2.45, 2.75) is 9.79 Å². The lowest BCUT2D eigenvalue weighted by Gasteiger charge is -2.17. The SMILES string of the molecule is Clc1cc2c(nn1)Nc1cnncc1S2. The monoisotopic (exact) mass is 237 g/mol. The highest BCUT2D eigenvalue weighted by Crippen LogP contribution is 2.42. The molecule has 0 atom stereocenters. The van der Waals surface area contributed by atoms with Crippen molar-refractivity contribution in [1.82, 2.24) is 20.4 Å². The molecule has 1 aliphatic rings. The van der Waals surface area contributed by atoms with Gasteiger partial charge in [-0.2, -0.15) is 10.2 Å². The van der Waals surface area contributed by atoms with Gasteiger partial charge in [0.1, 0.15) is 0 Å². The molecule has 0 radical (unpaired) electrons. The van der Waals surface area contributed by atoms with Gasteiger partial charge in [0, 0.05) is 0 Å². The van der Waals surface area contributed by atoms with Crippen molar-refractivity contribution in [2.24, 2.45) is 0 Å². The molecule has 5 nitrogen and oxygen atoms in total. The second-order valence-electron chi connectivity index (χ2n) is 2.87. The van der Waals surface area contributed by atoms with Gasteiger partial charge in [-0.3, -0.25) is 0 Å². The van der Waals surface area contributed by atoms with Gasteiger partial charge >= 0.3 is 0 Å². The fourth-order valence-electron chi connectivity index (χ4n) is 1.25. The summed E-state index contributed by atoms with van der Waals surface area (Å²) in [6, 6.07) is 1.77. The molecule has 7 heteroatoms. The lowest BCUT2D eigenvalue weighted by molar-refractivity contribution is 0.969. The second-order valence-corrected chi connectivity index (χ2v) is 4.35. The van der Waals surface area contributed by atoms with E-state index in [1.54, 1.807) is 30.2 Å². The third-order valence-corrected chi connectivity index (χ3v) is 3.16. The van der Waals surface area contributed by atoms with E-state index in [1.807, 2.05) is 0 Å². The van der Waals surface area contributed by atoms with E-state index in [1.165, 1.54) is 0 Å². The van der Waals surface area contributed by atoms with Crippen molar-refractivity contribution < 1.29 is 0 Å². The molecule has 0 fully saturated rings. The van der Waals surface area contributed by atoms with Crippen LogP contribution >= 0.6 is 23.4 Å². The summed E-state index contributed by atoms with van der Waals surface area (Å²) in [5.41, 5.74) is 0.888. The summed E-state index contributed by atoms with van der Waals surface area (Å²) >= 11 is 7.31. The Kier molecular flexibility index (Phi) is 1.96. The van der Waals surface area contributed by atoms with Crippen LogP contribution in [0.3, 0.4) is 0 Å². The Labute approximate surface area is 94.3 Å². The molecule has 1 N–H and O–H groups in total. The number of nitrogens with one attached hydrogen (secondary N) is 1. The zero-order valence-electron chi connectivity index (χ0n) is 7.31. The van der Waals surface area contributed by atoms with Crippen LogP contribution < -0.4 is 5.32 Å². The molecule has 15 heavy (non-hydrogen) atoms. The molecule has 0 unspecified atom stereocenters. The van der Waals surface area contributed by atoms with Gasteiger partial charge in [0.05, 0.1) is 27.9 Å². The van der Waals surface area contributed by atoms with Gasteiger partial charge in [0.15, 0.2) is 11.0 Å². The van der Waals surface area contributed by atoms with Crippen molar-refractivity contribution >= 4 is 34.9 Å². The van der Waals surface area contributed by atoms with Gasteiger partial charge in [-0.05, 0) is 6.07 Å². The molecule has 0 amide bonds. The normalized spacial score (nSPS) is 12.6. The Hall–Kier alpha value is -1.40. The zero-order valence-corrected chi connectivity index (χ0v) is 8.88.